The van der Waals surface area contributed by atoms with Gasteiger partial charge < -0.3 is 0 Å². The molecule has 2 rings (SSSR count). The summed E-state index contributed by atoms with van der Waals surface area (Å²) >= 11 is 0. The largest absolute Gasteiger partial charge is 0.197 e. The second kappa shape index (κ2) is 4.16. The molecule has 0 amide bonds. The number of rotatable bonds is 1. The SMILES string of the molecule is CC1CCCC2(C)CCC(C#N)(C(C)C)C=C12. The number of fused-ring (bicyclic) bond motifs is 1. The summed E-state index contributed by atoms with van der Waals surface area (Å²) in [4.78, 5) is 0. The van der Waals surface area contributed by atoms with Crippen LogP contribution in [0.2, 0.25) is 0 Å². The van der Waals surface area contributed by atoms with Crippen LogP contribution in [0.5, 0.6) is 0 Å². The van der Waals surface area contributed by atoms with Gasteiger partial charge in [-0.05, 0) is 42.9 Å². The first-order chi connectivity index (χ1) is 7.93. The molecule has 0 aromatic heterocycles. The summed E-state index contributed by atoms with van der Waals surface area (Å²) in [6.07, 6.45) is 8.60. The van der Waals surface area contributed by atoms with E-state index >= 15 is 0 Å². The Labute approximate surface area is 106 Å². The van der Waals surface area contributed by atoms with Crippen LogP contribution in [-0.4, -0.2) is 0 Å². The van der Waals surface area contributed by atoms with Gasteiger partial charge in [-0.15, -0.1) is 0 Å². The Bertz CT molecular complexity index is 373. The highest BCUT2D eigenvalue weighted by atomic mass is 14.5. The van der Waals surface area contributed by atoms with Gasteiger partial charge in [-0.3, -0.25) is 0 Å². The van der Waals surface area contributed by atoms with Crippen molar-refractivity contribution in [2.75, 3.05) is 0 Å². The van der Waals surface area contributed by atoms with Crippen LogP contribution < -0.4 is 0 Å². The van der Waals surface area contributed by atoms with Crippen LogP contribution in [0.3, 0.4) is 0 Å². The van der Waals surface area contributed by atoms with E-state index in [0.717, 1.165) is 6.42 Å². The lowest BCUT2D eigenvalue weighted by Crippen LogP contribution is -2.38. The summed E-state index contributed by atoms with van der Waals surface area (Å²) in [6, 6.07) is 2.61. The quantitative estimate of drug-likeness (QED) is 0.600. The van der Waals surface area contributed by atoms with E-state index in [9.17, 15) is 5.26 Å². The molecule has 0 aromatic carbocycles. The standard InChI is InChI=1S/C16H25N/c1-12(2)16(11-17)9-8-15(4)7-5-6-13(3)14(15)10-16/h10,12-13H,5-9H2,1-4H3. The van der Waals surface area contributed by atoms with Crippen LogP contribution in [0.25, 0.3) is 0 Å². The fourth-order valence-corrected chi connectivity index (χ4v) is 3.78. The number of nitrogens with zero attached hydrogens (tertiary/aromatic N) is 1. The van der Waals surface area contributed by atoms with Crippen molar-refractivity contribution < 1.29 is 0 Å². The Morgan fingerprint density at radius 1 is 1.35 bits per heavy atom. The topological polar surface area (TPSA) is 23.8 Å². The van der Waals surface area contributed by atoms with Crippen LogP contribution in [0.1, 0.15) is 59.8 Å². The average Bonchev–Trinajstić information content (AvgIpc) is 2.29. The molecule has 0 N–H and O–H groups in total. The van der Waals surface area contributed by atoms with Crippen molar-refractivity contribution in [3.05, 3.63) is 11.6 Å². The first kappa shape index (κ1) is 12.7. The second-order valence-corrected chi connectivity index (χ2v) is 6.76. The third kappa shape index (κ3) is 1.92. The molecule has 1 heteroatoms. The fourth-order valence-electron chi connectivity index (χ4n) is 3.78. The number of nitriles is 1. The molecule has 0 radical (unpaired) electrons. The van der Waals surface area contributed by atoms with Gasteiger partial charge in [0, 0.05) is 0 Å². The summed E-state index contributed by atoms with van der Waals surface area (Å²) in [5.41, 5.74) is 1.79. The van der Waals surface area contributed by atoms with Gasteiger partial charge in [0.1, 0.15) is 0 Å². The van der Waals surface area contributed by atoms with E-state index in [0.29, 0.717) is 17.3 Å². The molecule has 1 saturated carbocycles. The monoisotopic (exact) mass is 231 g/mol. The zero-order valence-corrected chi connectivity index (χ0v) is 11.7. The normalized spacial score (nSPS) is 41.6. The van der Waals surface area contributed by atoms with Gasteiger partial charge in [0.15, 0.2) is 0 Å². The molecule has 0 aromatic rings. The van der Waals surface area contributed by atoms with E-state index in [2.05, 4.69) is 39.8 Å². The Morgan fingerprint density at radius 2 is 2.06 bits per heavy atom. The summed E-state index contributed by atoms with van der Waals surface area (Å²) in [5, 5.41) is 9.58. The first-order valence-corrected chi connectivity index (χ1v) is 7.08. The van der Waals surface area contributed by atoms with Crippen LogP contribution in [0.15, 0.2) is 11.6 Å². The molecule has 2 aliphatic carbocycles. The van der Waals surface area contributed by atoms with E-state index in [1.54, 1.807) is 5.57 Å². The third-order valence-corrected chi connectivity index (χ3v) is 5.34. The maximum atomic E-state index is 9.58. The van der Waals surface area contributed by atoms with Gasteiger partial charge >= 0.3 is 0 Å². The predicted octanol–water partition coefficient (Wildman–Crippen LogP) is 4.70. The van der Waals surface area contributed by atoms with Crippen molar-refractivity contribution in [2.45, 2.75) is 59.8 Å². The summed E-state index contributed by atoms with van der Waals surface area (Å²) < 4.78 is 0. The maximum absolute atomic E-state index is 9.58. The molecule has 3 unspecified atom stereocenters. The van der Waals surface area contributed by atoms with E-state index in [1.165, 1.54) is 25.7 Å². The molecule has 0 bridgehead atoms. The molecule has 1 fully saturated rings. The fraction of sp³-hybridized carbons (Fsp3) is 0.812. The van der Waals surface area contributed by atoms with Crippen molar-refractivity contribution in [3.63, 3.8) is 0 Å². The van der Waals surface area contributed by atoms with Crippen molar-refractivity contribution in [1.82, 2.24) is 0 Å². The number of hydrogen-bond donors (Lipinski definition) is 0. The minimum Gasteiger partial charge on any atom is -0.197 e. The van der Waals surface area contributed by atoms with Crippen molar-refractivity contribution in [3.8, 4) is 6.07 Å². The molecule has 3 atom stereocenters. The molecule has 0 heterocycles. The zero-order chi connectivity index (χ0) is 12.7. The number of hydrogen-bond acceptors (Lipinski definition) is 1. The molecule has 94 valence electrons. The first-order valence-electron chi connectivity index (χ1n) is 7.08. The van der Waals surface area contributed by atoms with Gasteiger partial charge in [0.25, 0.3) is 0 Å². The maximum Gasteiger partial charge on any atom is 0.0779 e. The lowest BCUT2D eigenvalue weighted by Gasteiger charge is -2.47. The summed E-state index contributed by atoms with van der Waals surface area (Å²) in [6.45, 7) is 9.14. The Balaban J connectivity index is 2.43. The highest BCUT2D eigenvalue weighted by Gasteiger charge is 2.45. The molecule has 17 heavy (non-hydrogen) atoms. The van der Waals surface area contributed by atoms with Gasteiger partial charge in [0.2, 0.25) is 0 Å². The smallest absolute Gasteiger partial charge is 0.0779 e. The third-order valence-electron chi connectivity index (χ3n) is 5.34. The molecular weight excluding hydrogens is 206 g/mol. The second-order valence-electron chi connectivity index (χ2n) is 6.76. The van der Waals surface area contributed by atoms with Crippen molar-refractivity contribution >= 4 is 0 Å². The Hall–Kier alpha value is -0.770. The minimum atomic E-state index is -0.194. The van der Waals surface area contributed by atoms with Gasteiger partial charge in [-0.1, -0.05) is 45.8 Å². The van der Waals surface area contributed by atoms with Crippen LogP contribution in [0, 0.1) is 34.0 Å². The molecular formula is C16H25N. The summed E-state index contributed by atoms with van der Waals surface area (Å²) in [7, 11) is 0. The molecule has 0 aliphatic heterocycles. The Morgan fingerprint density at radius 3 is 2.65 bits per heavy atom. The van der Waals surface area contributed by atoms with E-state index < -0.39 is 0 Å². The van der Waals surface area contributed by atoms with E-state index in [1.807, 2.05) is 0 Å². The van der Waals surface area contributed by atoms with Gasteiger partial charge in [-0.25, -0.2) is 0 Å². The average molecular weight is 231 g/mol. The highest BCUT2D eigenvalue weighted by molar-refractivity contribution is 5.30. The van der Waals surface area contributed by atoms with Gasteiger partial charge in [-0.2, -0.15) is 5.26 Å². The van der Waals surface area contributed by atoms with Crippen LogP contribution >= 0.6 is 0 Å². The van der Waals surface area contributed by atoms with E-state index in [4.69, 9.17) is 0 Å². The molecule has 2 aliphatic rings. The minimum absolute atomic E-state index is 0.194. The molecule has 0 spiro atoms. The van der Waals surface area contributed by atoms with Gasteiger partial charge in [0.05, 0.1) is 11.5 Å². The van der Waals surface area contributed by atoms with E-state index in [-0.39, 0.29) is 5.41 Å². The number of allylic oxidation sites excluding steroid dienone is 2. The van der Waals surface area contributed by atoms with Crippen LogP contribution in [-0.2, 0) is 0 Å². The molecule has 1 nitrogen and oxygen atoms in total. The van der Waals surface area contributed by atoms with Crippen LogP contribution in [0.4, 0.5) is 0 Å². The predicted molar refractivity (Wildman–Crippen MR) is 71.3 cm³/mol. The van der Waals surface area contributed by atoms with Crippen molar-refractivity contribution in [1.29, 1.82) is 5.26 Å². The Kier molecular flexibility index (Phi) is 3.10. The highest BCUT2D eigenvalue weighted by Crippen LogP contribution is 2.54. The van der Waals surface area contributed by atoms with Crippen molar-refractivity contribution in [2.24, 2.45) is 22.7 Å². The lowest BCUT2D eigenvalue weighted by molar-refractivity contribution is 0.172. The lowest BCUT2D eigenvalue weighted by atomic mass is 9.56. The zero-order valence-electron chi connectivity index (χ0n) is 11.7. The molecule has 0 saturated heterocycles. The summed E-state index contributed by atoms with van der Waals surface area (Å²) in [5.74, 6) is 1.11.